The zero-order valence-corrected chi connectivity index (χ0v) is 8.95. The molecular formula is C9H10BrNO3. The number of aliphatic hydroxyl groups excluding tert-OH is 1. The lowest BCUT2D eigenvalue weighted by atomic mass is 9.89. The van der Waals surface area contributed by atoms with Crippen molar-refractivity contribution in [3.05, 3.63) is 22.6 Å². The van der Waals surface area contributed by atoms with Gasteiger partial charge in [-0.15, -0.1) is 0 Å². The number of hydrogen-bond acceptors (Lipinski definition) is 3. The first-order chi connectivity index (χ1) is 6.66. The normalized spacial score (nSPS) is 25.6. The number of aliphatic hydroxyl groups is 1. The first-order valence-electron chi connectivity index (χ1n) is 4.38. The second kappa shape index (κ2) is 3.74. The number of carbonyl (C=O) groups excluding carboxylic acids is 1. The van der Waals surface area contributed by atoms with Crippen molar-refractivity contribution in [3.8, 4) is 0 Å². The first kappa shape index (κ1) is 9.73. The third-order valence-corrected chi connectivity index (χ3v) is 2.93. The van der Waals surface area contributed by atoms with Gasteiger partial charge in [0.05, 0.1) is 17.9 Å². The van der Waals surface area contributed by atoms with Crippen molar-refractivity contribution in [2.45, 2.75) is 25.0 Å². The molecule has 1 aliphatic rings. The highest BCUT2D eigenvalue weighted by Gasteiger charge is 2.29. The van der Waals surface area contributed by atoms with Crippen LogP contribution in [0.5, 0.6) is 0 Å². The Morgan fingerprint density at radius 1 is 1.64 bits per heavy atom. The van der Waals surface area contributed by atoms with Gasteiger partial charge in [0.1, 0.15) is 0 Å². The molecule has 2 rings (SSSR count). The molecule has 0 spiro atoms. The average molecular weight is 260 g/mol. The molecule has 2 N–H and O–H groups in total. The summed E-state index contributed by atoms with van der Waals surface area (Å²) in [5.74, 6) is -0.164. The predicted molar refractivity (Wildman–Crippen MR) is 52.9 cm³/mol. The Labute approximate surface area is 89.4 Å². The van der Waals surface area contributed by atoms with Crippen molar-refractivity contribution in [2.75, 3.05) is 0 Å². The Morgan fingerprint density at radius 2 is 2.36 bits per heavy atom. The molecule has 0 saturated heterocycles. The highest BCUT2D eigenvalue weighted by molar-refractivity contribution is 9.10. The van der Waals surface area contributed by atoms with E-state index in [9.17, 15) is 4.79 Å². The van der Waals surface area contributed by atoms with Crippen LogP contribution in [-0.2, 0) is 0 Å². The smallest absolute Gasteiger partial charge is 0.255 e. The number of halogens is 1. The molecule has 1 fully saturated rings. The van der Waals surface area contributed by atoms with E-state index in [4.69, 9.17) is 9.52 Å². The average Bonchev–Trinajstić information content (AvgIpc) is 2.48. The van der Waals surface area contributed by atoms with Gasteiger partial charge in [0, 0.05) is 6.04 Å². The van der Waals surface area contributed by atoms with E-state index in [1.807, 2.05) is 0 Å². The summed E-state index contributed by atoms with van der Waals surface area (Å²) >= 11 is 3.13. The van der Waals surface area contributed by atoms with E-state index in [1.54, 1.807) is 6.07 Å². The molecule has 1 aromatic rings. The van der Waals surface area contributed by atoms with Crippen LogP contribution in [0.4, 0.5) is 0 Å². The second-order valence-corrected chi connectivity index (χ2v) is 4.12. The molecule has 1 aromatic heterocycles. The molecule has 0 aromatic carbocycles. The quantitative estimate of drug-likeness (QED) is 0.842. The van der Waals surface area contributed by atoms with Crippen LogP contribution < -0.4 is 5.32 Å². The molecule has 0 aliphatic heterocycles. The number of carbonyl (C=O) groups is 1. The van der Waals surface area contributed by atoms with E-state index in [0.717, 1.165) is 0 Å². The zero-order chi connectivity index (χ0) is 10.1. The Bertz CT molecular complexity index is 344. The van der Waals surface area contributed by atoms with Gasteiger partial charge in [0.15, 0.2) is 4.67 Å². The summed E-state index contributed by atoms with van der Waals surface area (Å²) in [7, 11) is 0. The van der Waals surface area contributed by atoms with Crippen molar-refractivity contribution in [3.63, 3.8) is 0 Å². The fourth-order valence-electron chi connectivity index (χ4n) is 1.42. The van der Waals surface area contributed by atoms with Gasteiger partial charge in [-0.25, -0.2) is 0 Å². The minimum Gasteiger partial charge on any atom is -0.457 e. The number of amides is 1. The summed E-state index contributed by atoms with van der Waals surface area (Å²) in [6.07, 6.45) is 2.48. The molecule has 1 amide bonds. The molecule has 76 valence electrons. The fourth-order valence-corrected chi connectivity index (χ4v) is 1.84. The summed E-state index contributed by atoms with van der Waals surface area (Å²) in [5, 5.41) is 11.8. The molecule has 0 radical (unpaired) electrons. The van der Waals surface area contributed by atoms with Gasteiger partial charge in [-0.3, -0.25) is 4.79 Å². The van der Waals surface area contributed by atoms with Gasteiger partial charge in [-0.2, -0.15) is 0 Å². The molecule has 14 heavy (non-hydrogen) atoms. The van der Waals surface area contributed by atoms with Crippen LogP contribution >= 0.6 is 15.9 Å². The standard InChI is InChI=1S/C9H10BrNO3/c10-8-7(1-2-14-8)9(13)11-5-3-6(12)4-5/h1-2,5-6,12H,3-4H2,(H,11,13). The van der Waals surface area contributed by atoms with Crippen LogP contribution in [0.1, 0.15) is 23.2 Å². The van der Waals surface area contributed by atoms with Gasteiger partial charge in [0.25, 0.3) is 5.91 Å². The summed E-state index contributed by atoms with van der Waals surface area (Å²) < 4.78 is 5.39. The Hall–Kier alpha value is -0.810. The highest BCUT2D eigenvalue weighted by atomic mass is 79.9. The van der Waals surface area contributed by atoms with E-state index >= 15 is 0 Å². The largest absolute Gasteiger partial charge is 0.457 e. The summed E-state index contributed by atoms with van der Waals surface area (Å²) in [5.41, 5.74) is 0.492. The molecular weight excluding hydrogens is 250 g/mol. The lowest BCUT2D eigenvalue weighted by Gasteiger charge is -2.31. The van der Waals surface area contributed by atoms with E-state index in [0.29, 0.717) is 23.1 Å². The van der Waals surface area contributed by atoms with Crippen LogP contribution in [0.15, 0.2) is 21.4 Å². The van der Waals surface area contributed by atoms with Crippen LogP contribution in [0, 0.1) is 0 Å². The second-order valence-electron chi connectivity index (χ2n) is 3.40. The number of rotatable bonds is 2. The van der Waals surface area contributed by atoms with Gasteiger partial charge in [-0.05, 0) is 34.8 Å². The van der Waals surface area contributed by atoms with Gasteiger partial charge in [0.2, 0.25) is 0 Å². The topological polar surface area (TPSA) is 62.5 Å². The monoisotopic (exact) mass is 259 g/mol. The molecule has 0 unspecified atom stereocenters. The summed E-state index contributed by atoms with van der Waals surface area (Å²) in [6, 6.07) is 1.70. The van der Waals surface area contributed by atoms with E-state index in [2.05, 4.69) is 21.2 Å². The lowest BCUT2D eigenvalue weighted by Crippen LogP contribution is -2.46. The van der Waals surface area contributed by atoms with Gasteiger partial charge in [-0.1, -0.05) is 0 Å². The highest BCUT2D eigenvalue weighted by Crippen LogP contribution is 2.22. The van der Waals surface area contributed by atoms with Crippen molar-refractivity contribution in [1.82, 2.24) is 5.32 Å². The van der Waals surface area contributed by atoms with Crippen molar-refractivity contribution < 1.29 is 14.3 Å². The van der Waals surface area contributed by atoms with Gasteiger partial charge >= 0.3 is 0 Å². The molecule has 5 heteroatoms. The van der Waals surface area contributed by atoms with Crippen LogP contribution in [0.25, 0.3) is 0 Å². The third-order valence-electron chi connectivity index (χ3n) is 2.31. The molecule has 4 nitrogen and oxygen atoms in total. The summed E-state index contributed by atoms with van der Waals surface area (Å²) in [6.45, 7) is 0. The molecule has 1 saturated carbocycles. The summed E-state index contributed by atoms with van der Waals surface area (Å²) in [4.78, 5) is 11.6. The molecule has 1 aliphatic carbocycles. The zero-order valence-electron chi connectivity index (χ0n) is 7.37. The number of nitrogens with one attached hydrogen (secondary N) is 1. The Balaban J connectivity index is 1.93. The van der Waals surface area contributed by atoms with Crippen molar-refractivity contribution in [2.24, 2.45) is 0 Å². The molecule has 0 atom stereocenters. The van der Waals surface area contributed by atoms with E-state index < -0.39 is 0 Å². The molecule has 0 bridgehead atoms. The van der Waals surface area contributed by atoms with Crippen LogP contribution in [-0.4, -0.2) is 23.2 Å². The van der Waals surface area contributed by atoms with Crippen LogP contribution in [0.3, 0.4) is 0 Å². The van der Waals surface area contributed by atoms with Crippen molar-refractivity contribution >= 4 is 21.8 Å². The maximum absolute atomic E-state index is 11.6. The molecule has 1 heterocycles. The third kappa shape index (κ3) is 1.83. The fraction of sp³-hybridized carbons (Fsp3) is 0.444. The maximum atomic E-state index is 11.6. The van der Waals surface area contributed by atoms with Gasteiger partial charge < -0.3 is 14.8 Å². The first-order valence-corrected chi connectivity index (χ1v) is 5.18. The lowest BCUT2D eigenvalue weighted by molar-refractivity contribution is 0.0562. The Kier molecular flexibility index (Phi) is 2.60. The minimum atomic E-state index is -0.256. The number of furan rings is 1. The minimum absolute atomic E-state index is 0.0966. The Morgan fingerprint density at radius 3 is 2.86 bits per heavy atom. The maximum Gasteiger partial charge on any atom is 0.255 e. The van der Waals surface area contributed by atoms with E-state index in [1.165, 1.54) is 6.26 Å². The van der Waals surface area contributed by atoms with E-state index in [-0.39, 0.29) is 18.1 Å². The predicted octanol–water partition coefficient (Wildman–Crippen LogP) is 1.30. The van der Waals surface area contributed by atoms with Crippen molar-refractivity contribution in [1.29, 1.82) is 0 Å². The SMILES string of the molecule is O=C(NC1CC(O)C1)c1ccoc1Br. The number of hydrogen-bond donors (Lipinski definition) is 2. The van der Waals surface area contributed by atoms with Crippen LogP contribution in [0.2, 0.25) is 0 Å².